The molecule has 0 saturated heterocycles. The summed E-state index contributed by atoms with van der Waals surface area (Å²) in [4.78, 5) is 4.42. The first-order chi connectivity index (χ1) is 14.5. The lowest BCUT2D eigenvalue weighted by Crippen LogP contribution is -2.26. The predicted octanol–water partition coefficient (Wildman–Crippen LogP) is 5.35. The van der Waals surface area contributed by atoms with Crippen LogP contribution in [0.4, 0.5) is 0 Å². The van der Waals surface area contributed by atoms with E-state index in [0.717, 1.165) is 27.6 Å². The van der Waals surface area contributed by atoms with Gasteiger partial charge in [-0.1, -0.05) is 30.3 Å². The van der Waals surface area contributed by atoms with Crippen molar-refractivity contribution in [1.82, 2.24) is 10.3 Å². The van der Waals surface area contributed by atoms with Crippen molar-refractivity contribution < 1.29 is 18.7 Å². The molecule has 0 aliphatic carbocycles. The largest absolute Gasteiger partial charge is 0.508 e. The Morgan fingerprint density at radius 2 is 1.83 bits per heavy atom. The number of aromatic nitrogens is 1. The molecule has 0 radical (unpaired) electrons. The number of nitrogens with one attached hydrogen (secondary N) is 1. The monoisotopic (exact) mass is 428 g/mol. The smallest absolute Gasteiger partial charge is 0.351 e. The van der Waals surface area contributed by atoms with Crippen molar-refractivity contribution in [3.8, 4) is 5.75 Å². The number of phenols is 1. The topological polar surface area (TPSA) is 80.7 Å². The summed E-state index contributed by atoms with van der Waals surface area (Å²) in [6.07, 6.45) is 2.37. The van der Waals surface area contributed by atoms with Crippen molar-refractivity contribution in [3.05, 3.63) is 71.4 Å². The van der Waals surface area contributed by atoms with Crippen LogP contribution in [0.2, 0.25) is 0 Å². The molecule has 0 aliphatic rings. The number of hydrogen-bond acceptors (Lipinski definition) is 6. The third-order valence-corrected chi connectivity index (χ3v) is 7.27. The molecule has 2 aromatic carbocycles. The number of pyridine rings is 1. The predicted molar refractivity (Wildman–Crippen MR) is 120 cm³/mol. The number of fused-ring (bicyclic) bond motifs is 1. The molecule has 0 amide bonds. The van der Waals surface area contributed by atoms with E-state index in [1.54, 1.807) is 12.3 Å². The van der Waals surface area contributed by atoms with Gasteiger partial charge in [-0.3, -0.25) is 14.9 Å². The Morgan fingerprint density at radius 3 is 2.53 bits per heavy atom. The summed E-state index contributed by atoms with van der Waals surface area (Å²) in [5.41, 5.74) is 3.49. The standard InChI is InChI=1S/C23H29N2O4P/c1-4-28-30(27,29-5-2)23(20-13-15-24-21-9-7-6-8-19(20)21)25-14-12-18-11-10-17(3)22(26)16-18/h6-11,13,15-16,23,25-26H,4-5,12,14H2,1-3H3/t23-/m0/s1. The van der Waals surface area contributed by atoms with Crippen molar-refractivity contribution >= 4 is 18.5 Å². The van der Waals surface area contributed by atoms with Gasteiger partial charge in [0, 0.05) is 18.1 Å². The SMILES string of the molecule is CCOP(=O)(OCC)[C@H](NCCc1ccc(C)c(O)c1)c1ccnc2ccccc12. The van der Waals surface area contributed by atoms with Gasteiger partial charge in [-0.2, -0.15) is 0 Å². The van der Waals surface area contributed by atoms with Gasteiger partial charge in [-0.05, 0) is 62.1 Å². The summed E-state index contributed by atoms with van der Waals surface area (Å²) in [5.74, 6) is -0.358. The Bertz CT molecular complexity index is 1030. The van der Waals surface area contributed by atoms with E-state index in [1.165, 1.54) is 0 Å². The Kier molecular flexibility index (Phi) is 7.62. The minimum atomic E-state index is -3.48. The molecule has 0 spiro atoms. The molecule has 2 N–H and O–H groups in total. The fourth-order valence-corrected chi connectivity index (χ4v) is 5.47. The molecule has 3 rings (SSSR count). The molecule has 3 aromatic rings. The second kappa shape index (κ2) is 10.2. The van der Waals surface area contributed by atoms with E-state index in [0.29, 0.717) is 13.0 Å². The van der Waals surface area contributed by atoms with Crippen molar-refractivity contribution in [1.29, 1.82) is 0 Å². The van der Waals surface area contributed by atoms with Gasteiger partial charge in [0.25, 0.3) is 0 Å². The Balaban J connectivity index is 1.92. The highest BCUT2D eigenvalue weighted by Crippen LogP contribution is 2.60. The van der Waals surface area contributed by atoms with Gasteiger partial charge in [0.15, 0.2) is 0 Å². The lowest BCUT2D eigenvalue weighted by atomic mass is 10.1. The minimum Gasteiger partial charge on any atom is -0.508 e. The summed E-state index contributed by atoms with van der Waals surface area (Å²) < 4.78 is 25.1. The van der Waals surface area contributed by atoms with E-state index >= 15 is 0 Å². The number of hydrogen-bond donors (Lipinski definition) is 2. The number of nitrogens with zero attached hydrogens (tertiary/aromatic N) is 1. The van der Waals surface area contributed by atoms with E-state index < -0.39 is 13.4 Å². The number of aromatic hydroxyl groups is 1. The Labute approximate surface area is 177 Å². The molecule has 30 heavy (non-hydrogen) atoms. The first kappa shape index (κ1) is 22.4. The summed E-state index contributed by atoms with van der Waals surface area (Å²) in [5, 5.41) is 14.3. The molecule has 1 heterocycles. The van der Waals surface area contributed by atoms with E-state index in [-0.39, 0.29) is 19.0 Å². The number of aryl methyl sites for hydroxylation is 1. The number of benzene rings is 2. The average Bonchev–Trinajstić information content (AvgIpc) is 2.74. The summed E-state index contributed by atoms with van der Waals surface area (Å²) in [6.45, 7) is 6.58. The summed E-state index contributed by atoms with van der Waals surface area (Å²) in [6, 6.07) is 15.3. The molecule has 6 nitrogen and oxygen atoms in total. The maximum absolute atomic E-state index is 13.7. The molecular weight excluding hydrogens is 399 g/mol. The van der Waals surface area contributed by atoms with Gasteiger partial charge in [0.2, 0.25) is 0 Å². The Hall–Kier alpha value is -2.24. The van der Waals surface area contributed by atoms with Crippen LogP contribution in [0.15, 0.2) is 54.7 Å². The minimum absolute atomic E-state index is 0.276. The van der Waals surface area contributed by atoms with Gasteiger partial charge < -0.3 is 14.2 Å². The zero-order valence-corrected chi connectivity index (χ0v) is 18.6. The van der Waals surface area contributed by atoms with Crippen LogP contribution in [0, 0.1) is 6.92 Å². The van der Waals surface area contributed by atoms with E-state index in [1.807, 2.05) is 63.2 Å². The van der Waals surface area contributed by atoms with Crippen LogP contribution < -0.4 is 5.32 Å². The van der Waals surface area contributed by atoms with Gasteiger partial charge >= 0.3 is 7.60 Å². The van der Waals surface area contributed by atoms with Crippen molar-refractivity contribution in [3.63, 3.8) is 0 Å². The van der Waals surface area contributed by atoms with Crippen LogP contribution in [-0.2, 0) is 20.0 Å². The van der Waals surface area contributed by atoms with Crippen LogP contribution in [0.5, 0.6) is 5.75 Å². The second-order valence-electron chi connectivity index (χ2n) is 7.02. The normalized spacial score (nSPS) is 12.9. The number of para-hydroxylation sites is 1. The maximum atomic E-state index is 13.7. The molecule has 0 saturated carbocycles. The third kappa shape index (κ3) is 5.08. The summed E-state index contributed by atoms with van der Waals surface area (Å²) >= 11 is 0. The molecule has 0 fully saturated rings. The van der Waals surface area contributed by atoms with Crippen LogP contribution in [0.25, 0.3) is 10.9 Å². The van der Waals surface area contributed by atoms with E-state index in [2.05, 4.69) is 10.3 Å². The van der Waals surface area contributed by atoms with Crippen molar-refractivity contribution in [2.75, 3.05) is 19.8 Å². The third-order valence-electron chi connectivity index (χ3n) is 4.94. The lowest BCUT2D eigenvalue weighted by molar-refractivity contribution is 0.207. The van der Waals surface area contributed by atoms with Crippen LogP contribution >= 0.6 is 7.60 Å². The quantitative estimate of drug-likeness (QED) is 0.424. The van der Waals surface area contributed by atoms with Crippen LogP contribution in [0.1, 0.15) is 36.3 Å². The highest BCUT2D eigenvalue weighted by molar-refractivity contribution is 7.54. The molecule has 7 heteroatoms. The van der Waals surface area contributed by atoms with Crippen molar-refractivity contribution in [2.24, 2.45) is 0 Å². The van der Waals surface area contributed by atoms with E-state index in [4.69, 9.17) is 9.05 Å². The molecule has 0 bridgehead atoms. The molecular formula is C23H29N2O4P. The van der Waals surface area contributed by atoms with E-state index in [9.17, 15) is 9.67 Å². The highest BCUT2D eigenvalue weighted by Gasteiger charge is 2.37. The molecule has 0 unspecified atom stereocenters. The van der Waals surface area contributed by atoms with Gasteiger partial charge in [-0.15, -0.1) is 0 Å². The number of rotatable bonds is 10. The van der Waals surface area contributed by atoms with Gasteiger partial charge in [-0.25, -0.2) is 0 Å². The molecule has 0 aliphatic heterocycles. The zero-order chi connectivity index (χ0) is 21.6. The Morgan fingerprint density at radius 1 is 1.10 bits per heavy atom. The molecule has 1 atom stereocenters. The fourth-order valence-electron chi connectivity index (χ4n) is 3.46. The lowest BCUT2D eigenvalue weighted by Gasteiger charge is -2.28. The maximum Gasteiger partial charge on any atom is 0.351 e. The van der Waals surface area contributed by atoms with Crippen molar-refractivity contribution in [2.45, 2.75) is 33.0 Å². The highest BCUT2D eigenvalue weighted by atomic mass is 31.2. The molecule has 160 valence electrons. The molecule has 1 aromatic heterocycles. The zero-order valence-electron chi connectivity index (χ0n) is 17.7. The summed E-state index contributed by atoms with van der Waals surface area (Å²) in [7, 11) is -3.48. The second-order valence-corrected chi connectivity index (χ2v) is 9.13. The average molecular weight is 428 g/mol. The first-order valence-electron chi connectivity index (χ1n) is 10.2. The first-order valence-corrected chi connectivity index (χ1v) is 11.8. The van der Waals surface area contributed by atoms with Crippen LogP contribution in [-0.4, -0.2) is 29.8 Å². The fraction of sp³-hybridized carbons (Fsp3) is 0.348. The van der Waals surface area contributed by atoms with Gasteiger partial charge in [0.05, 0.1) is 18.7 Å². The van der Waals surface area contributed by atoms with Gasteiger partial charge in [0.1, 0.15) is 11.5 Å². The van der Waals surface area contributed by atoms with Crippen LogP contribution in [0.3, 0.4) is 0 Å². The number of phenolic OH excluding ortho intramolecular Hbond substituents is 1.